The molecule has 0 atom stereocenters. The minimum Gasteiger partial charge on any atom is -0.381 e. The van der Waals surface area contributed by atoms with E-state index in [0.717, 1.165) is 12.2 Å². The summed E-state index contributed by atoms with van der Waals surface area (Å²) in [4.78, 5) is 0. The van der Waals surface area contributed by atoms with Crippen molar-refractivity contribution >= 4 is 0 Å². The van der Waals surface area contributed by atoms with E-state index in [2.05, 4.69) is 10.4 Å². The molecule has 0 bridgehead atoms. The summed E-state index contributed by atoms with van der Waals surface area (Å²) in [6, 6.07) is 1.88. The highest BCUT2D eigenvalue weighted by atomic mass is 16.3. The standard InChI is InChI=1S/C8H13N3O/c1-2-11-7(3-4-10-11)8(12)5-9-6-8/h3-4,9,12H,2,5-6H2,1H3. The zero-order valence-electron chi connectivity index (χ0n) is 7.12. The number of aryl methyl sites for hydroxylation is 1. The number of β-amino-alcohol motifs (C(OH)–C–C–N with tert-alkyl or cyclic N) is 1. The summed E-state index contributed by atoms with van der Waals surface area (Å²) in [7, 11) is 0. The second-order valence-electron chi connectivity index (χ2n) is 3.17. The van der Waals surface area contributed by atoms with Gasteiger partial charge >= 0.3 is 0 Å². The normalized spacial score (nSPS) is 20.5. The quantitative estimate of drug-likeness (QED) is 0.635. The van der Waals surface area contributed by atoms with Crippen LogP contribution in [0.4, 0.5) is 0 Å². The van der Waals surface area contributed by atoms with Gasteiger partial charge in [0.15, 0.2) is 0 Å². The van der Waals surface area contributed by atoms with Gasteiger partial charge < -0.3 is 10.4 Å². The fourth-order valence-electron chi connectivity index (χ4n) is 1.52. The lowest BCUT2D eigenvalue weighted by atomic mass is 9.93. The van der Waals surface area contributed by atoms with E-state index in [1.54, 1.807) is 6.20 Å². The molecule has 1 fully saturated rings. The Morgan fingerprint density at radius 3 is 3.00 bits per heavy atom. The van der Waals surface area contributed by atoms with Crippen LogP contribution in [0.3, 0.4) is 0 Å². The van der Waals surface area contributed by atoms with E-state index >= 15 is 0 Å². The van der Waals surface area contributed by atoms with Gasteiger partial charge in [-0.05, 0) is 13.0 Å². The number of hydrogen-bond acceptors (Lipinski definition) is 3. The first kappa shape index (κ1) is 7.76. The van der Waals surface area contributed by atoms with Gasteiger partial charge in [-0.15, -0.1) is 0 Å². The zero-order chi connectivity index (χ0) is 8.60. The van der Waals surface area contributed by atoms with Crippen LogP contribution in [0.5, 0.6) is 0 Å². The monoisotopic (exact) mass is 167 g/mol. The van der Waals surface area contributed by atoms with Crippen molar-refractivity contribution in [2.45, 2.75) is 19.1 Å². The van der Waals surface area contributed by atoms with Crippen LogP contribution in [-0.2, 0) is 12.1 Å². The fraction of sp³-hybridized carbons (Fsp3) is 0.625. The molecule has 66 valence electrons. The van der Waals surface area contributed by atoms with E-state index in [9.17, 15) is 5.11 Å². The van der Waals surface area contributed by atoms with Gasteiger partial charge in [-0.3, -0.25) is 4.68 Å². The Hall–Kier alpha value is -0.870. The third-order valence-corrected chi connectivity index (χ3v) is 2.33. The van der Waals surface area contributed by atoms with Crippen molar-refractivity contribution in [2.24, 2.45) is 0 Å². The van der Waals surface area contributed by atoms with Crippen molar-refractivity contribution in [3.63, 3.8) is 0 Å². The summed E-state index contributed by atoms with van der Waals surface area (Å²) in [5, 5.41) is 17.1. The molecule has 0 radical (unpaired) electrons. The van der Waals surface area contributed by atoms with Gasteiger partial charge in [0.25, 0.3) is 0 Å². The molecule has 1 aliphatic rings. The Bertz CT molecular complexity index is 278. The van der Waals surface area contributed by atoms with Crippen molar-refractivity contribution in [3.8, 4) is 0 Å². The van der Waals surface area contributed by atoms with Crippen LogP contribution in [0.25, 0.3) is 0 Å². The van der Waals surface area contributed by atoms with E-state index in [-0.39, 0.29) is 0 Å². The lowest BCUT2D eigenvalue weighted by Crippen LogP contribution is -2.57. The van der Waals surface area contributed by atoms with Crippen LogP contribution in [0.2, 0.25) is 0 Å². The number of nitrogens with one attached hydrogen (secondary N) is 1. The highest BCUT2D eigenvalue weighted by Crippen LogP contribution is 2.24. The second kappa shape index (κ2) is 2.57. The molecule has 1 aromatic rings. The van der Waals surface area contributed by atoms with Gasteiger partial charge in [-0.1, -0.05) is 0 Å². The first-order valence-corrected chi connectivity index (χ1v) is 4.21. The number of aliphatic hydroxyl groups is 1. The van der Waals surface area contributed by atoms with Gasteiger partial charge in [-0.2, -0.15) is 5.10 Å². The highest BCUT2D eigenvalue weighted by molar-refractivity contribution is 5.17. The molecule has 0 spiro atoms. The molecule has 4 nitrogen and oxygen atoms in total. The van der Waals surface area contributed by atoms with Crippen molar-refractivity contribution in [1.29, 1.82) is 0 Å². The Morgan fingerprint density at radius 2 is 2.50 bits per heavy atom. The first-order chi connectivity index (χ1) is 5.76. The molecular formula is C8H13N3O. The molecule has 2 rings (SSSR count). The molecule has 12 heavy (non-hydrogen) atoms. The molecule has 2 heterocycles. The van der Waals surface area contributed by atoms with Gasteiger partial charge in [-0.25, -0.2) is 0 Å². The predicted octanol–water partition coefficient (Wildman–Crippen LogP) is -0.306. The zero-order valence-corrected chi connectivity index (χ0v) is 7.12. The minimum atomic E-state index is -0.674. The maximum Gasteiger partial charge on any atom is 0.131 e. The van der Waals surface area contributed by atoms with E-state index in [4.69, 9.17) is 0 Å². The topological polar surface area (TPSA) is 50.1 Å². The summed E-state index contributed by atoms with van der Waals surface area (Å²) >= 11 is 0. The maximum absolute atomic E-state index is 9.96. The van der Waals surface area contributed by atoms with Crippen LogP contribution in [0.1, 0.15) is 12.6 Å². The smallest absolute Gasteiger partial charge is 0.131 e. The number of hydrogen-bond donors (Lipinski definition) is 2. The SMILES string of the molecule is CCn1nccc1C1(O)CNC1. The molecule has 1 aliphatic heterocycles. The molecular weight excluding hydrogens is 154 g/mol. The molecule has 0 aliphatic carbocycles. The number of aromatic nitrogens is 2. The van der Waals surface area contributed by atoms with Crippen LogP contribution in [0.15, 0.2) is 12.3 Å². The Kier molecular flexibility index (Phi) is 1.66. The molecule has 2 N–H and O–H groups in total. The number of rotatable bonds is 2. The highest BCUT2D eigenvalue weighted by Gasteiger charge is 2.38. The Morgan fingerprint density at radius 1 is 1.75 bits per heavy atom. The Labute approximate surface area is 71.2 Å². The molecule has 0 amide bonds. The molecule has 0 saturated carbocycles. The summed E-state index contributed by atoms with van der Waals surface area (Å²) in [6.07, 6.45) is 1.73. The fourth-order valence-corrected chi connectivity index (χ4v) is 1.52. The molecule has 1 saturated heterocycles. The summed E-state index contributed by atoms with van der Waals surface area (Å²) < 4.78 is 1.83. The third-order valence-electron chi connectivity index (χ3n) is 2.33. The van der Waals surface area contributed by atoms with Crippen LogP contribution in [-0.4, -0.2) is 28.0 Å². The van der Waals surface area contributed by atoms with Gasteiger partial charge in [0, 0.05) is 25.8 Å². The van der Waals surface area contributed by atoms with E-state index in [0.29, 0.717) is 13.1 Å². The van der Waals surface area contributed by atoms with Crippen LogP contribution < -0.4 is 5.32 Å². The molecule has 4 heteroatoms. The van der Waals surface area contributed by atoms with Gasteiger partial charge in [0.2, 0.25) is 0 Å². The maximum atomic E-state index is 9.96. The minimum absolute atomic E-state index is 0.638. The van der Waals surface area contributed by atoms with Crippen molar-refractivity contribution in [1.82, 2.24) is 15.1 Å². The van der Waals surface area contributed by atoms with Crippen LogP contribution in [0, 0.1) is 0 Å². The van der Waals surface area contributed by atoms with Crippen LogP contribution >= 0.6 is 0 Å². The lowest BCUT2D eigenvalue weighted by molar-refractivity contribution is -0.0224. The van der Waals surface area contributed by atoms with Crippen molar-refractivity contribution in [3.05, 3.63) is 18.0 Å². The second-order valence-corrected chi connectivity index (χ2v) is 3.17. The average Bonchev–Trinajstić information content (AvgIpc) is 2.47. The molecule has 1 aromatic heterocycles. The van der Waals surface area contributed by atoms with Crippen molar-refractivity contribution < 1.29 is 5.11 Å². The van der Waals surface area contributed by atoms with E-state index < -0.39 is 5.60 Å². The van der Waals surface area contributed by atoms with Gasteiger partial charge in [0.1, 0.15) is 5.60 Å². The van der Waals surface area contributed by atoms with Gasteiger partial charge in [0.05, 0.1) is 5.69 Å². The predicted molar refractivity (Wildman–Crippen MR) is 44.7 cm³/mol. The third kappa shape index (κ3) is 0.956. The molecule has 0 unspecified atom stereocenters. The summed E-state index contributed by atoms with van der Waals surface area (Å²) in [6.45, 7) is 4.11. The largest absolute Gasteiger partial charge is 0.381 e. The number of nitrogens with zero attached hydrogens (tertiary/aromatic N) is 2. The Balaban J connectivity index is 2.31. The summed E-state index contributed by atoms with van der Waals surface area (Å²) in [5.41, 5.74) is 0.246. The first-order valence-electron chi connectivity index (χ1n) is 4.21. The lowest BCUT2D eigenvalue weighted by Gasteiger charge is -2.37. The molecule has 0 aromatic carbocycles. The summed E-state index contributed by atoms with van der Waals surface area (Å²) in [5.74, 6) is 0. The van der Waals surface area contributed by atoms with E-state index in [1.807, 2.05) is 17.7 Å². The van der Waals surface area contributed by atoms with E-state index in [1.165, 1.54) is 0 Å². The van der Waals surface area contributed by atoms with Crippen molar-refractivity contribution in [2.75, 3.05) is 13.1 Å². The average molecular weight is 167 g/mol.